The smallest absolute Gasteiger partial charge is 0.335 e. The molecule has 0 unspecified atom stereocenters. The first-order valence-corrected chi connectivity index (χ1v) is 8.08. The Kier molecular flexibility index (Phi) is 4.34. The molecular formula is C13H13ClN2O4S. The number of benzene rings is 1. The summed E-state index contributed by atoms with van der Waals surface area (Å²) in [5.74, 6) is -1.35. The Labute approximate surface area is 126 Å². The number of aromatic carboxylic acids is 1. The maximum atomic E-state index is 12.2. The molecule has 0 saturated heterocycles. The molecule has 0 fully saturated rings. The molecule has 0 saturated carbocycles. The molecule has 0 aliphatic rings. The van der Waals surface area contributed by atoms with Crippen molar-refractivity contribution in [3.05, 3.63) is 46.7 Å². The van der Waals surface area contributed by atoms with E-state index in [1.165, 1.54) is 22.9 Å². The summed E-state index contributed by atoms with van der Waals surface area (Å²) in [6.07, 6.45) is 1.56. The van der Waals surface area contributed by atoms with Gasteiger partial charge in [0, 0.05) is 6.20 Å². The Morgan fingerprint density at radius 3 is 2.71 bits per heavy atom. The molecule has 2 aromatic rings. The molecule has 2 rings (SSSR count). The van der Waals surface area contributed by atoms with Crippen LogP contribution >= 0.6 is 11.6 Å². The van der Waals surface area contributed by atoms with Crippen molar-refractivity contribution in [1.82, 2.24) is 9.78 Å². The van der Waals surface area contributed by atoms with E-state index in [1.54, 1.807) is 13.1 Å². The van der Waals surface area contributed by atoms with Crippen molar-refractivity contribution in [2.75, 3.05) is 5.75 Å². The number of carboxylic acids is 1. The van der Waals surface area contributed by atoms with Crippen molar-refractivity contribution in [3.8, 4) is 0 Å². The first kappa shape index (κ1) is 15.5. The summed E-state index contributed by atoms with van der Waals surface area (Å²) in [5.41, 5.74) is 0.566. The average molecular weight is 329 g/mol. The lowest BCUT2D eigenvalue weighted by Crippen LogP contribution is -2.14. The quantitative estimate of drug-likeness (QED) is 0.907. The third-order valence-corrected chi connectivity index (χ3v) is 4.98. The van der Waals surface area contributed by atoms with Gasteiger partial charge in [-0.05, 0) is 25.1 Å². The van der Waals surface area contributed by atoms with Crippen LogP contribution < -0.4 is 0 Å². The number of halogens is 1. The monoisotopic (exact) mass is 328 g/mol. The van der Waals surface area contributed by atoms with Crippen LogP contribution in [0.3, 0.4) is 0 Å². The van der Waals surface area contributed by atoms with E-state index < -0.39 is 15.8 Å². The van der Waals surface area contributed by atoms with E-state index in [0.29, 0.717) is 10.7 Å². The van der Waals surface area contributed by atoms with Gasteiger partial charge in [0.05, 0.1) is 33.5 Å². The van der Waals surface area contributed by atoms with Crippen molar-refractivity contribution >= 4 is 27.4 Å². The summed E-state index contributed by atoms with van der Waals surface area (Å²) in [4.78, 5) is 10.9. The number of sulfone groups is 1. The van der Waals surface area contributed by atoms with Gasteiger partial charge in [-0.1, -0.05) is 17.7 Å². The summed E-state index contributed by atoms with van der Waals surface area (Å²) < 4.78 is 25.9. The van der Waals surface area contributed by atoms with Crippen LogP contribution in [0.4, 0.5) is 0 Å². The van der Waals surface area contributed by atoms with Crippen molar-refractivity contribution in [2.45, 2.75) is 18.4 Å². The minimum Gasteiger partial charge on any atom is -0.478 e. The minimum atomic E-state index is -3.59. The molecule has 0 aliphatic heterocycles. The van der Waals surface area contributed by atoms with Crippen LogP contribution in [0.25, 0.3) is 0 Å². The Bertz CT molecular complexity index is 764. The highest BCUT2D eigenvalue weighted by molar-refractivity contribution is 7.91. The SMILES string of the molecule is Cc1nn(CCS(=O)(=O)c2cccc(C(=O)O)c2)cc1Cl. The minimum absolute atomic E-state index is 0.0163. The topological polar surface area (TPSA) is 89.3 Å². The summed E-state index contributed by atoms with van der Waals surface area (Å²) in [6, 6.07) is 5.28. The van der Waals surface area contributed by atoms with Crippen LogP contribution in [0.5, 0.6) is 0 Å². The molecule has 0 radical (unpaired) electrons. The zero-order valence-corrected chi connectivity index (χ0v) is 12.7. The molecule has 1 N–H and O–H groups in total. The second-order valence-electron chi connectivity index (χ2n) is 4.48. The summed E-state index contributed by atoms with van der Waals surface area (Å²) in [6.45, 7) is 1.87. The van der Waals surface area contributed by atoms with E-state index in [9.17, 15) is 13.2 Å². The van der Waals surface area contributed by atoms with Crippen LogP contribution in [-0.4, -0.2) is 35.0 Å². The Balaban J connectivity index is 2.18. The van der Waals surface area contributed by atoms with Crippen molar-refractivity contribution in [2.24, 2.45) is 0 Å². The third-order valence-electron chi connectivity index (χ3n) is 2.92. The number of hydrogen-bond acceptors (Lipinski definition) is 4. The first-order chi connectivity index (χ1) is 9.79. The zero-order valence-electron chi connectivity index (χ0n) is 11.2. The van der Waals surface area contributed by atoms with Crippen LogP contribution in [0.15, 0.2) is 35.4 Å². The normalized spacial score (nSPS) is 11.5. The highest BCUT2D eigenvalue weighted by atomic mass is 35.5. The van der Waals surface area contributed by atoms with E-state index >= 15 is 0 Å². The molecule has 21 heavy (non-hydrogen) atoms. The van der Waals surface area contributed by atoms with Crippen LogP contribution in [0, 0.1) is 6.92 Å². The van der Waals surface area contributed by atoms with Gasteiger partial charge >= 0.3 is 5.97 Å². The molecule has 8 heteroatoms. The van der Waals surface area contributed by atoms with E-state index in [0.717, 1.165) is 6.07 Å². The van der Waals surface area contributed by atoms with Crippen molar-refractivity contribution in [3.63, 3.8) is 0 Å². The third kappa shape index (κ3) is 3.62. The molecule has 1 heterocycles. The molecule has 6 nitrogen and oxygen atoms in total. The number of hydrogen-bond donors (Lipinski definition) is 1. The molecule has 0 spiro atoms. The molecular weight excluding hydrogens is 316 g/mol. The Morgan fingerprint density at radius 2 is 2.14 bits per heavy atom. The maximum Gasteiger partial charge on any atom is 0.335 e. The van der Waals surface area contributed by atoms with E-state index in [4.69, 9.17) is 16.7 Å². The van der Waals surface area contributed by atoms with E-state index in [-0.39, 0.29) is 22.8 Å². The number of carbonyl (C=O) groups is 1. The predicted molar refractivity (Wildman–Crippen MR) is 77.4 cm³/mol. The molecule has 112 valence electrons. The molecule has 0 aliphatic carbocycles. The summed E-state index contributed by atoms with van der Waals surface area (Å²) in [5, 5.41) is 13.4. The number of rotatable bonds is 5. The number of carboxylic acid groups (broad SMARTS) is 1. The summed E-state index contributed by atoms with van der Waals surface area (Å²) >= 11 is 5.85. The van der Waals surface area contributed by atoms with Crippen LogP contribution in [0.2, 0.25) is 5.02 Å². The predicted octanol–water partition coefficient (Wildman–Crippen LogP) is 2.02. The summed E-state index contributed by atoms with van der Waals surface area (Å²) in [7, 11) is -3.59. The molecule has 0 atom stereocenters. The van der Waals surface area contributed by atoms with Gasteiger partial charge in [-0.15, -0.1) is 0 Å². The number of nitrogens with zero attached hydrogens (tertiary/aromatic N) is 2. The van der Waals surface area contributed by atoms with Gasteiger partial charge < -0.3 is 5.11 Å². The standard InChI is InChI=1S/C13H13ClN2O4S/c1-9-12(14)8-16(15-9)5-6-21(19,20)11-4-2-3-10(7-11)13(17)18/h2-4,7-8H,5-6H2,1H3,(H,17,18). The average Bonchev–Trinajstić information content (AvgIpc) is 2.76. The van der Waals surface area contributed by atoms with Crippen molar-refractivity contribution < 1.29 is 18.3 Å². The molecule has 0 bridgehead atoms. The van der Waals surface area contributed by atoms with Crippen LogP contribution in [0.1, 0.15) is 16.1 Å². The van der Waals surface area contributed by atoms with Crippen molar-refractivity contribution in [1.29, 1.82) is 0 Å². The first-order valence-electron chi connectivity index (χ1n) is 6.05. The van der Waals surface area contributed by atoms with E-state index in [1.807, 2.05) is 0 Å². The highest BCUT2D eigenvalue weighted by Crippen LogP contribution is 2.15. The highest BCUT2D eigenvalue weighted by Gasteiger charge is 2.17. The lowest BCUT2D eigenvalue weighted by Gasteiger charge is -2.05. The van der Waals surface area contributed by atoms with E-state index in [2.05, 4.69) is 5.10 Å². The fraction of sp³-hybridized carbons (Fsp3) is 0.231. The molecule has 0 amide bonds. The maximum absolute atomic E-state index is 12.2. The Hall–Kier alpha value is -1.86. The van der Waals surface area contributed by atoms with Gasteiger partial charge in [-0.2, -0.15) is 5.10 Å². The largest absolute Gasteiger partial charge is 0.478 e. The lowest BCUT2D eigenvalue weighted by molar-refractivity contribution is 0.0696. The van der Waals surface area contributed by atoms with Gasteiger partial charge in [-0.25, -0.2) is 13.2 Å². The lowest BCUT2D eigenvalue weighted by atomic mass is 10.2. The second kappa shape index (κ2) is 5.87. The second-order valence-corrected chi connectivity index (χ2v) is 6.99. The fourth-order valence-electron chi connectivity index (χ4n) is 1.76. The van der Waals surface area contributed by atoms with Crippen LogP contribution in [-0.2, 0) is 16.4 Å². The fourth-order valence-corrected chi connectivity index (χ4v) is 3.17. The van der Waals surface area contributed by atoms with Gasteiger partial charge in [0.15, 0.2) is 9.84 Å². The number of aromatic nitrogens is 2. The van der Waals surface area contributed by atoms with Gasteiger partial charge in [0.1, 0.15) is 0 Å². The molecule has 1 aromatic carbocycles. The van der Waals surface area contributed by atoms with Gasteiger partial charge in [0.2, 0.25) is 0 Å². The molecule has 1 aromatic heterocycles. The van der Waals surface area contributed by atoms with Gasteiger partial charge in [0.25, 0.3) is 0 Å². The van der Waals surface area contributed by atoms with Gasteiger partial charge in [-0.3, -0.25) is 4.68 Å². The number of aryl methyl sites for hydroxylation is 2. The zero-order chi connectivity index (χ0) is 15.6. The Morgan fingerprint density at radius 1 is 1.43 bits per heavy atom.